The zero-order valence-electron chi connectivity index (χ0n) is 16.8. The average Bonchev–Trinajstić information content (AvgIpc) is 2.76. The van der Waals surface area contributed by atoms with Gasteiger partial charge in [0.1, 0.15) is 0 Å². The Hall–Kier alpha value is -2.78. The molecule has 1 aliphatic heterocycles. The van der Waals surface area contributed by atoms with Crippen molar-refractivity contribution in [3.05, 3.63) is 95.1 Å². The maximum atomic E-state index is 5.90. The molecule has 0 aliphatic carbocycles. The van der Waals surface area contributed by atoms with Crippen molar-refractivity contribution in [2.45, 2.75) is 25.4 Å². The van der Waals surface area contributed by atoms with Crippen LogP contribution < -0.4 is 9.47 Å². The number of methoxy groups -OCH3 is 2. The van der Waals surface area contributed by atoms with Gasteiger partial charge in [-0.3, -0.25) is 4.90 Å². The average molecular weight is 373 g/mol. The van der Waals surface area contributed by atoms with E-state index in [0.29, 0.717) is 0 Å². The van der Waals surface area contributed by atoms with Gasteiger partial charge in [-0.05, 0) is 36.1 Å². The van der Waals surface area contributed by atoms with Gasteiger partial charge >= 0.3 is 0 Å². The fourth-order valence-electron chi connectivity index (χ4n) is 4.48. The highest BCUT2D eigenvalue weighted by Crippen LogP contribution is 2.49. The zero-order valence-corrected chi connectivity index (χ0v) is 16.8. The lowest BCUT2D eigenvalue weighted by atomic mass is 9.76. The quantitative estimate of drug-likeness (QED) is 0.626. The van der Waals surface area contributed by atoms with E-state index in [4.69, 9.17) is 9.47 Å². The van der Waals surface area contributed by atoms with E-state index in [1.165, 1.54) is 22.3 Å². The second-order valence-corrected chi connectivity index (χ2v) is 7.43. The van der Waals surface area contributed by atoms with Crippen molar-refractivity contribution in [3.63, 3.8) is 0 Å². The van der Waals surface area contributed by atoms with Crippen molar-refractivity contribution >= 4 is 0 Å². The number of rotatable bonds is 5. The van der Waals surface area contributed by atoms with Gasteiger partial charge in [0.05, 0.1) is 19.8 Å². The molecular weight excluding hydrogens is 346 g/mol. The molecule has 144 valence electrons. The van der Waals surface area contributed by atoms with E-state index in [1.807, 2.05) is 6.07 Å². The molecular formula is C25H27NO2. The van der Waals surface area contributed by atoms with Crippen molar-refractivity contribution in [2.75, 3.05) is 20.8 Å². The lowest BCUT2D eigenvalue weighted by Gasteiger charge is -2.47. The van der Waals surface area contributed by atoms with Crippen molar-refractivity contribution in [1.29, 1.82) is 0 Å². The first-order valence-electron chi connectivity index (χ1n) is 9.77. The molecule has 4 rings (SSSR count). The van der Waals surface area contributed by atoms with Crippen LogP contribution in [0, 0.1) is 0 Å². The van der Waals surface area contributed by atoms with E-state index in [2.05, 4.69) is 78.6 Å². The summed E-state index contributed by atoms with van der Waals surface area (Å²) < 4.78 is 11.5. The van der Waals surface area contributed by atoms with Crippen LogP contribution in [0.5, 0.6) is 11.5 Å². The molecule has 0 saturated carbocycles. The van der Waals surface area contributed by atoms with Gasteiger partial charge in [0, 0.05) is 18.7 Å². The Morgan fingerprint density at radius 1 is 0.857 bits per heavy atom. The summed E-state index contributed by atoms with van der Waals surface area (Å²) in [4.78, 5) is 2.56. The molecule has 0 spiro atoms. The zero-order chi connectivity index (χ0) is 19.6. The van der Waals surface area contributed by atoms with Crippen LogP contribution in [0.3, 0.4) is 0 Å². The fraction of sp³-hybridized carbons (Fsp3) is 0.280. The minimum absolute atomic E-state index is 0.315. The highest BCUT2D eigenvalue weighted by molar-refractivity contribution is 5.58. The first kappa shape index (κ1) is 18.6. The highest BCUT2D eigenvalue weighted by Gasteiger charge is 2.43. The van der Waals surface area contributed by atoms with Gasteiger partial charge in [0.15, 0.2) is 11.5 Å². The van der Waals surface area contributed by atoms with E-state index in [1.54, 1.807) is 14.2 Å². The largest absolute Gasteiger partial charge is 0.493 e. The molecule has 3 heteroatoms. The second-order valence-electron chi connectivity index (χ2n) is 7.43. The van der Waals surface area contributed by atoms with E-state index in [9.17, 15) is 0 Å². The molecule has 0 radical (unpaired) electrons. The first-order valence-corrected chi connectivity index (χ1v) is 9.77. The summed E-state index contributed by atoms with van der Waals surface area (Å²) in [6.07, 6.45) is 0.991. The molecule has 3 aromatic rings. The van der Waals surface area contributed by atoms with Gasteiger partial charge in [-0.15, -0.1) is 0 Å². The molecule has 3 nitrogen and oxygen atoms in total. The second kappa shape index (κ2) is 7.69. The van der Waals surface area contributed by atoms with Crippen molar-refractivity contribution in [1.82, 2.24) is 4.90 Å². The van der Waals surface area contributed by atoms with Crippen LogP contribution in [-0.2, 0) is 18.5 Å². The SMILES string of the molecule is COc1ccc2c(c1OC)C(C)(c1ccccc1)N(Cc1ccccc1)CC2. The molecule has 0 bridgehead atoms. The summed E-state index contributed by atoms with van der Waals surface area (Å²) in [5, 5.41) is 0. The minimum atomic E-state index is -0.315. The number of benzene rings is 3. The van der Waals surface area contributed by atoms with Crippen LogP contribution in [-0.4, -0.2) is 25.7 Å². The minimum Gasteiger partial charge on any atom is -0.493 e. The van der Waals surface area contributed by atoms with E-state index < -0.39 is 0 Å². The van der Waals surface area contributed by atoms with Gasteiger partial charge in [-0.25, -0.2) is 0 Å². The topological polar surface area (TPSA) is 21.7 Å². The monoisotopic (exact) mass is 373 g/mol. The molecule has 28 heavy (non-hydrogen) atoms. The predicted octanol–water partition coefficient (Wildman–Crippen LogP) is 5.03. The van der Waals surface area contributed by atoms with E-state index >= 15 is 0 Å². The van der Waals surface area contributed by atoms with Gasteiger partial charge in [0.2, 0.25) is 0 Å². The number of fused-ring (bicyclic) bond motifs is 1. The van der Waals surface area contributed by atoms with Crippen molar-refractivity contribution in [2.24, 2.45) is 0 Å². The van der Waals surface area contributed by atoms with E-state index in [0.717, 1.165) is 31.0 Å². The third-order valence-electron chi connectivity index (χ3n) is 5.95. The Morgan fingerprint density at radius 2 is 1.54 bits per heavy atom. The van der Waals surface area contributed by atoms with Crippen LogP contribution in [0.4, 0.5) is 0 Å². The molecule has 0 aromatic heterocycles. The molecule has 0 fully saturated rings. The van der Waals surface area contributed by atoms with Crippen LogP contribution in [0.15, 0.2) is 72.8 Å². The van der Waals surface area contributed by atoms with Gasteiger partial charge in [0.25, 0.3) is 0 Å². The van der Waals surface area contributed by atoms with Gasteiger partial charge in [-0.1, -0.05) is 66.7 Å². The maximum Gasteiger partial charge on any atom is 0.166 e. The lowest BCUT2D eigenvalue weighted by molar-refractivity contribution is 0.113. The Labute approximate surface area is 167 Å². The smallest absolute Gasteiger partial charge is 0.166 e. The third-order valence-corrected chi connectivity index (χ3v) is 5.95. The molecule has 0 amide bonds. The first-order chi connectivity index (χ1) is 13.7. The van der Waals surface area contributed by atoms with Gasteiger partial charge in [-0.2, -0.15) is 0 Å². The van der Waals surface area contributed by atoms with Crippen molar-refractivity contribution < 1.29 is 9.47 Å². The van der Waals surface area contributed by atoms with Crippen LogP contribution in [0.25, 0.3) is 0 Å². The summed E-state index contributed by atoms with van der Waals surface area (Å²) in [5.41, 5.74) is 4.80. The Morgan fingerprint density at radius 3 is 2.18 bits per heavy atom. The van der Waals surface area contributed by atoms with Crippen molar-refractivity contribution in [3.8, 4) is 11.5 Å². The third kappa shape index (κ3) is 3.06. The van der Waals surface area contributed by atoms with Gasteiger partial charge < -0.3 is 9.47 Å². The lowest BCUT2D eigenvalue weighted by Crippen LogP contribution is -2.49. The molecule has 3 aromatic carbocycles. The highest BCUT2D eigenvalue weighted by atomic mass is 16.5. The standard InChI is InChI=1S/C25H27NO2/c1-25(21-12-8-5-9-13-21)23-20(14-15-22(27-2)24(23)28-3)16-17-26(25)18-19-10-6-4-7-11-19/h4-15H,16-18H2,1-3H3. The molecule has 0 N–H and O–H groups in total. The predicted molar refractivity (Wildman–Crippen MR) is 113 cm³/mol. The Kier molecular flexibility index (Phi) is 5.10. The summed E-state index contributed by atoms with van der Waals surface area (Å²) in [6.45, 7) is 4.18. The normalized spacial score (nSPS) is 19.1. The molecule has 0 saturated heterocycles. The Balaban J connectivity index is 1.91. The number of hydrogen-bond donors (Lipinski definition) is 0. The molecule has 1 atom stereocenters. The number of ether oxygens (including phenoxy) is 2. The van der Waals surface area contributed by atoms with Crippen LogP contribution in [0.2, 0.25) is 0 Å². The number of nitrogens with zero attached hydrogens (tertiary/aromatic N) is 1. The maximum absolute atomic E-state index is 5.90. The van der Waals surface area contributed by atoms with Crippen LogP contribution in [0.1, 0.15) is 29.2 Å². The molecule has 1 unspecified atom stereocenters. The number of hydrogen-bond acceptors (Lipinski definition) is 3. The summed E-state index contributed by atoms with van der Waals surface area (Å²) in [5.74, 6) is 1.62. The summed E-state index contributed by atoms with van der Waals surface area (Å²) >= 11 is 0. The molecule has 1 aliphatic rings. The van der Waals surface area contributed by atoms with Crippen LogP contribution >= 0.6 is 0 Å². The van der Waals surface area contributed by atoms with E-state index in [-0.39, 0.29) is 5.54 Å². The summed E-state index contributed by atoms with van der Waals surface area (Å²) in [7, 11) is 3.44. The fourth-order valence-corrected chi connectivity index (χ4v) is 4.48. The molecule has 1 heterocycles. The Bertz CT molecular complexity index is 940. The summed E-state index contributed by atoms with van der Waals surface area (Å²) in [6, 6.07) is 25.6.